The van der Waals surface area contributed by atoms with Crippen LogP contribution >= 0.6 is 0 Å². The Balaban J connectivity index is 1.76. The van der Waals surface area contributed by atoms with Crippen LogP contribution < -0.4 is 20.1 Å². The molecule has 0 spiro atoms. The van der Waals surface area contributed by atoms with E-state index in [1.807, 2.05) is 6.92 Å². The molecule has 2 aliphatic rings. The second-order valence-electron chi connectivity index (χ2n) is 6.61. The van der Waals surface area contributed by atoms with Gasteiger partial charge in [0.2, 0.25) is 0 Å². The van der Waals surface area contributed by atoms with Gasteiger partial charge in [-0.3, -0.25) is 0 Å². The number of ether oxygens (including phenoxy) is 2. The highest BCUT2D eigenvalue weighted by Crippen LogP contribution is 2.35. The third kappa shape index (κ3) is 4.47. The summed E-state index contributed by atoms with van der Waals surface area (Å²) in [6.07, 6.45) is 7.72. The molecule has 0 amide bonds. The quantitative estimate of drug-likeness (QED) is 0.473. The molecule has 2 N–H and O–H groups in total. The van der Waals surface area contributed by atoms with Crippen molar-refractivity contribution in [1.29, 1.82) is 0 Å². The van der Waals surface area contributed by atoms with Crippen LogP contribution in [0.2, 0.25) is 0 Å². The Bertz CT molecular complexity index is 647. The highest BCUT2D eigenvalue weighted by Gasteiger charge is 2.22. The van der Waals surface area contributed by atoms with Crippen LogP contribution in [-0.2, 0) is 13.0 Å². The van der Waals surface area contributed by atoms with E-state index in [9.17, 15) is 0 Å². The molecule has 0 aromatic heterocycles. The molecule has 0 bridgehead atoms. The van der Waals surface area contributed by atoms with E-state index in [1.54, 1.807) is 0 Å². The van der Waals surface area contributed by atoms with Crippen LogP contribution in [0.15, 0.2) is 29.3 Å². The minimum absolute atomic E-state index is 0.233. The minimum Gasteiger partial charge on any atom is -0.494 e. The van der Waals surface area contributed by atoms with E-state index in [2.05, 4.69) is 48.8 Å². The van der Waals surface area contributed by atoms with Crippen LogP contribution in [0, 0.1) is 0 Å². The number of hydrogen-bond acceptors (Lipinski definition) is 3. The largest absolute Gasteiger partial charge is 0.494 e. The molecule has 3 rings (SSSR count). The first-order chi connectivity index (χ1) is 12.2. The SMILES string of the molecule is CCNC(=NCc1cc2c(cc1OCC)CC(C)O2)NC1CC=CC1. The van der Waals surface area contributed by atoms with Gasteiger partial charge in [0.05, 0.1) is 13.2 Å². The molecule has 1 heterocycles. The zero-order valence-corrected chi connectivity index (χ0v) is 15.5. The third-order valence-corrected chi connectivity index (χ3v) is 4.48. The molecule has 1 aliphatic heterocycles. The fourth-order valence-electron chi connectivity index (χ4n) is 3.31. The molecular weight excluding hydrogens is 314 g/mol. The first-order valence-electron chi connectivity index (χ1n) is 9.34. The fraction of sp³-hybridized carbons (Fsp3) is 0.550. The van der Waals surface area contributed by atoms with Crippen LogP contribution in [0.5, 0.6) is 11.5 Å². The normalized spacial score (nSPS) is 19.6. The van der Waals surface area contributed by atoms with Crippen molar-refractivity contribution < 1.29 is 9.47 Å². The van der Waals surface area contributed by atoms with Crippen LogP contribution in [0.1, 0.15) is 44.7 Å². The Labute approximate surface area is 150 Å². The van der Waals surface area contributed by atoms with Crippen molar-refractivity contribution in [3.63, 3.8) is 0 Å². The summed E-state index contributed by atoms with van der Waals surface area (Å²) >= 11 is 0. The van der Waals surface area contributed by atoms with Crippen LogP contribution in [-0.4, -0.2) is 31.3 Å². The first-order valence-corrected chi connectivity index (χ1v) is 9.34. The van der Waals surface area contributed by atoms with E-state index in [0.29, 0.717) is 19.2 Å². The minimum atomic E-state index is 0.233. The second kappa shape index (κ2) is 8.28. The van der Waals surface area contributed by atoms with Crippen molar-refractivity contribution in [2.45, 2.75) is 58.7 Å². The van der Waals surface area contributed by atoms with E-state index in [0.717, 1.165) is 48.8 Å². The lowest BCUT2D eigenvalue weighted by Gasteiger charge is -2.17. The van der Waals surface area contributed by atoms with E-state index in [1.165, 1.54) is 5.56 Å². The summed E-state index contributed by atoms with van der Waals surface area (Å²) in [4.78, 5) is 4.77. The maximum Gasteiger partial charge on any atom is 0.191 e. The summed E-state index contributed by atoms with van der Waals surface area (Å²) in [6.45, 7) is 8.25. The average molecular weight is 343 g/mol. The van der Waals surface area contributed by atoms with Gasteiger partial charge in [-0.1, -0.05) is 12.2 Å². The molecule has 1 atom stereocenters. The molecule has 0 saturated carbocycles. The number of rotatable bonds is 6. The van der Waals surface area contributed by atoms with Crippen molar-refractivity contribution in [1.82, 2.24) is 10.6 Å². The number of aliphatic imine (C=N–C) groups is 1. The monoisotopic (exact) mass is 343 g/mol. The molecule has 1 unspecified atom stereocenters. The van der Waals surface area contributed by atoms with Crippen molar-refractivity contribution in [2.75, 3.05) is 13.2 Å². The van der Waals surface area contributed by atoms with Crippen molar-refractivity contribution in [2.24, 2.45) is 4.99 Å². The van der Waals surface area contributed by atoms with Gasteiger partial charge in [0, 0.05) is 30.1 Å². The van der Waals surface area contributed by atoms with E-state index < -0.39 is 0 Å². The zero-order valence-electron chi connectivity index (χ0n) is 15.5. The molecule has 5 nitrogen and oxygen atoms in total. The predicted molar refractivity (Wildman–Crippen MR) is 102 cm³/mol. The summed E-state index contributed by atoms with van der Waals surface area (Å²) in [5.74, 6) is 2.74. The highest BCUT2D eigenvalue weighted by molar-refractivity contribution is 5.80. The number of nitrogens with one attached hydrogen (secondary N) is 2. The Morgan fingerprint density at radius 2 is 2.08 bits per heavy atom. The molecule has 1 aromatic rings. The topological polar surface area (TPSA) is 54.9 Å². The maximum atomic E-state index is 5.90. The molecular formula is C20H29N3O2. The molecule has 1 aliphatic carbocycles. The summed E-state index contributed by atoms with van der Waals surface area (Å²) in [5, 5.41) is 6.83. The lowest BCUT2D eigenvalue weighted by Crippen LogP contribution is -2.42. The molecule has 136 valence electrons. The molecule has 5 heteroatoms. The smallest absolute Gasteiger partial charge is 0.191 e. The van der Waals surface area contributed by atoms with Crippen molar-refractivity contribution in [3.8, 4) is 11.5 Å². The number of fused-ring (bicyclic) bond motifs is 1. The molecule has 0 radical (unpaired) electrons. The molecule has 25 heavy (non-hydrogen) atoms. The predicted octanol–water partition coefficient (Wildman–Crippen LogP) is 3.18. The molecule has 0 fully saturated rings. The second-order valence-corrected chi connectivity index (χ2v) is 6.61. The zero-order chi connectivity index (χ0) is 17.6. The van der Waals surface area contributed by atoms with E-state index in [4.69, 9.17) is 14.5 Å². The first kappa shape index (κ1) is 17.6. The van der Waals surface area contributed by atoms with Gasteiger partial charge in [-0.05, 0) is 45.7 Å². The number of hydrogen-bond donors (Lipinski definition) is 2. The summed E-state index contributed by atoms with van der Waals surface area (Å²) in [6, 6.07) is 4.65. The van der Waals surface area contributed by atoms with Crippen LogP contribution in [0.3, 0.4) is 0 Å². The van der Waals surface area contributed by atoms with Crippen LogP contribution in [0.25, 0.3) is 0 Å². The number of benzene rings is 1. The van der Waals surface area contributed by atoms with Gasteiger partial charge in [0.15, 0.2) is 5.96 Å². The highest BCUT2D eigenvalue weighted by atomic mass is 16.5. The van der Waals surface area contributed by atoms with Gasteiger partial charge in [0.1, 0.15) is 17.6 Å². The molecule has 0 saturated heterocycles. The Hall–Kier alpha value is -2.17. The summed E-state index contributed by atoms with van der Waals surface area (Å²) in [5.41, 5.74) is 2.29. The molecule has 1 aromatic carbocycles. The fourth-order valence-corrected chi connectivity index (χ4v) is 3.31. The van der Waals surface area contributed by atoms with Crippen LogP contribution in [0.4, 0.5) is 0 Å². The standard InChI is InChI=1S/C20H29N3O2/c1-4-21-20(23-17-8-6-7-9-17)22-13-16-12-19-15(10-14(3)25-19)11-18(16)24-5-2/h6-7,11-12,14,17H,4-5,8-10,13H2,1-3H3,(H2,21,22,23). The van der Waals surface area contributed by atoms with Gasteiger partial charge in [-0.2, -0.15) is 0 Å². The summed E-state index contributed by atoms with van der Waals surface area (Å²) < 4.78 is 11.7. The van der Waals surface area contributed by atoms with Gasteiger partial charge in [-0.15, -0.1) is 0 Å². The summed E-state index contributed by atoms with van der Waals surface area (Å²) in [7, 11) is 0. The van der Waals surface area contributed by atoms with E-state index in [-0.39, 0.29) is 6.10 Å². The van der Waals surface area contributed by atoms with Crippen molar-refractivity contribution >= 4 is 5.96 Å². The Morgan fingerprint density at radius 3 is 2.80 bits per heavy atom. The van der Waals surface area contributed by atoms with Gasteiger partial charge in [-0.25, -0.2) is 4.99 Å². The van der Waals surface area contributed by atoms with Gasteiger partial charge in [0.25, 0.3) is 0 Å². The third-order valence-electron chi connectivity index (χ3n) is 4.48. The van der Waals surface area contributed by atoms with E-state index >= 15 is 0 Å². The Morgan fingerprint density at radius 1 is 1.28 bits per heavy atom. The maximum absolute atomic E-state index is 5.90. The number of guanidine groups is 1. The van der Waals surface area contributed by atoms with Gasteiger partial charge < -0.3 is 20.1 Å². The van der Waals surface area contributed by atoms with Crippen molar-refractivity contribution in [3.05, 3.63) is 35.4 Å². The lowest BCUT2D eigenvalue weighted by atomic mass is 10.1. The average Bonchev–Trinajstić information content (AvgIpc) is 3.21. The van der Waals surface area contributed by atoms with Gasteiger partial charge >= 0.3 is 0 Å². The number of nitrogens with zero attached hydrogens (tertiary/aromatic N) is 1. The Kier molecular flexibility index (Phi) is 5.84. The lowest BCUT2D eigenvalue weighted by molar-refractivity contribution is 0.254.